The van der Waals surface area contributed by atoms with Gasteiger partial charge in [0.25, 0.3) is 0 Å². The molecule has 1 N–H and O–H groups in total. The fourth-order valence-corrected chi connectivity index (χ4v) is 3.90. The van der Waals surface area contributed by atoms with Crippen LogP contribution in [0.15, 0.2) is 94.5 Å². The number of ether oxygens (including phenoxy) is 1. The Bertz CT molecular complexity index is 1320. The molecule has 0 bridgehead atoms. The van der Waals surface area contributed by atoms with Crippen molar-refractivity contribution in [1.82, 2.24) is 4.98 Å². The molecule has 196 valence electrons. The van der Waals surface area contributed by atoms with E-state index in [-0.39, 0.29) is 6.42 Å². The van der Waals surface area contributed by atoms with E-state index in [0.717, 1.165) is 58.9 Å². The van der Waals surface area contributed by atoms with Crippen LogP contribution in [0.2, 0.25) is 0 Å². The van der Waals surface area contributed by atoms with Crippen molar-refractivity contribution in [3.8, 4) is 17.2 Å². The maximum Gasteiger partial charge on any atom is 0.303 e. The van der Waals surface area contributed by atoms with Gasteiger partial charge in [-0.2, -0.15) is 0 Å². The normalized spacial score (nSPS) is 11.3. The SMILES string of the molecule is Cc1oc(-c2ccccc2)nc1COc1ccc(CON=C(CCCCCC(=O)O)c2ccccc2)cc1. The van der Waals surface area contributed by atoms with Crippen LogP contribution in [0.4, 0.5) is 0 Å². The van der Waals surface area contributed by atoms with Crippen molar-refractivity contribution in [2.45, 2.75) is 52.2 Å². The van der Waals surface area contributed by atoms with E-state index in [1.54, 1.807) is 0 Å². The Hall–Kier alpha value is -4.39. The minimum atomic E-state index is -0.757. The molecule has 0 fully saturated rings. The summed E-state index contributed by atoms with van der Waals surface area (Å²) in [6.07, 6.45) is 3.27. The second-order valence-corrected chi connectivity index (χ2v) is 8.95. The third-order valence-corrected chi connectivity index (χ3v) is 6.03. The Kier molecular flexibility index (Phi) is 9.68. The molecule has 0 radical (unpaired) electrons. The van der Waals surface area contributed by atoms with Crippen LogP contribution < -0.4 is 4.74 Å². The van der Waals surface area contributed by atoms with Gasteiger partial charge in [0.2, 0.25) is 5.89 Å². The molecule has 0 aliphatic heterocycles. The monoisotopic (exact) mass is 512 g/mol. The minimum Gasteiger partial charge on any atom is -0.487 e. The highest BCUT2D eigenvalue weighted by molar-refractivity contribution is 6.00. The Morgan fingerprint density at radius 1 is 0.868 bits per heavy atom. The minimum absolute atomic E-state index is 0.195. The second kappa shape index (κ2) is 13.8. The average molecular weight is 513 g/mol. The largest absolute Gasteiger partial charge is 0.487 e. The summed E-state index contributed by atoms with van der Waals surface area (Å²) in [5.74, 6) is 1.30. The molecular weight excluding hydrogens is 480 g/mol. The van der Waals surface area contributed by atoms with Crippen molar-refractivity contribution < 1.29 is 23.9 Å². The highest BCUT2D eigenvalue weighted by Crippen LogP contribution is 2.23. The van der Waals surface area contributed by atoms with Gasteiger partial charge in [-0.25, -0.2) is 4.98 Å². The maximum atomic E-state index is 10.7. The Labute approximate surface area is 222 Å². The van der Waals surface area contributed by atoms with Crippen LogP contribution in [0.1, 0.15) is 54.7 Å². The molecule has 1 heterocycles. The molecule has 7 nitrogen and oxygen atoms in total. The molecule has 0 amide bonds. The lowest BCUT2D eigenvalue weighted by Gasteiger charge is -2.08. The molecule has 0 saturated heterocycles. The molecular formula is C31H32N2O5. The molecule has 0 spiro atoms. The Morgan fingerprint density at radius 3 is 2.26 bits per heavy atom. The fraction of sp³-hybridized carbons (Fsp3) is 0.258. The number of aryl methyl sites for hydroxylation is 1. The van der Waals surface area contributed by atoms with Crippen LogP contribution in [0.5, 0.6) is 5.75 Å². The zero-order chi connectivity index (χ0) is 26.6. The van der Waals surface area contributed by atoms with E-state index >= 15 is 0 Å². The quantitative estimate of drug-likeness (QED) is 0.109. The number of aliphatic carboxylic acids is 1. The topological polar surface area (TPSA) is 94.2 Å². The number of hydrogen-bond donors (Lipinski definition) is 1. The number of hydrogen-bond acceptors (Lipinski definition) is 6. The first-order valence-electron chi connectivity index (χ1n) is 12.8. The van der Waals surface area contributed by atoms with Crippen molar-refractivity contribution in [2.24, 2.45) is 5.16 Å². The van der Waals surface area contributed by atoms with Crippen molar-refractivity contribution in [3.63, 3.8) is 0 Å². The molecule has 0 aliphatic rings. The summed E-state index contributed by atoms with van der Waals surface area (Å²) in [5, 5.41) is 13.2. The number of nitrogens with zero attached hydrogens (tertiary/aromatic N) is 2. The fourth-order valence-electron chi connectivity index (χ4n) is 3.90. The molecule has 38 heavy (non-hydrogen) atoms. The lowest BCUT2D eigenvalue weighted by Crippen LogP contribution is -2.03. The predicted molar refractivity (Wildman–Crippen MR) is 146 cm³/mol. The molecule has 0 atom stereocenters. The van der Waals surface area contributed by atoms with Gasteiger partial charge in [-0.1, -0.05) is 72.2 Å². The summed E-state index contributed by atoms with van der Waals surface area (Å²) < 4.78 is 11.7. The van der Waals surface area contributed by atoms with Crippen LogP contribution in [0.25, 0.3) is 11.5 Å². The number of unbranched alkanes of at least 4 members (excludes halogenated alkanes) is 2. The van der Waals surface area contributed by atoms with Crippen molar-refractivity contribution >= 4 is 11.7 Å². The zero-order valence-corrected chi connectivity index (χ0v) is 21.5. The first-order chi connectivity index (χ1) is 18.6. The number of carboxylic acids is 1. The number of oxazole rings is 1. The summed E-state index contributed by atoms with van der Waals surface area (Å²) in [6, 6.07) is 27.4. The van der Waals surface area contributed by atoms with E-state index in [0.29, 0.717) is 25.5 Å². The number of benzene rings is 3. The molecule has 4 rings (SSSR count). The zero-order valence-electron chi connectivity index (χ0n) is 21.5. The third-order valence-electron chi connectivity index (χ3n) is 6.03. The third kappa shape index (κ3) is 8.06. The first kappa shape index (κ1) is 26.7. The maximum absolute atomic E-state index is 10.7. The van der Waals surface area contributed by atoms with Crippen LogP contribution in [-0.4, -0.2) is 21.8 Å². The summed E-state index contributed by atoms with van der Waals surface area (Å²) in [5.41, 5.74) is 4.54. The molecule has 7 heteroatoms. The van der Waals surface area contributed by atoms with E-state index < -0.39 is 5.97 Å². The lowest BCUT2D eigenvalue weighted by atomic mass is 10.0. The van der Waals surface area contributed by atoms with Gasteiger partial charge in [-0.15, -0.1) is 0 Å². The van der Waals surface area contributed by atoms with Gasteiger partial charge in [0.15, 0.2) is 0 Å². The molecule has 1 aromatic heterocycles. The molecule has 0 aliphatic carbocycles. The number of carbonyl (C=O) groups is 1. The molecule has 4 aromatic rings. The van der Waals surface area contributed by atoms with Crippen LogP contribution in [-0.2, 0) is 22.8 Å². The van der Waals surface area contributed by atoms with Crippen molar-refractivity contribution in [3.05, 3.63) is 108 Å². The Balaban J connectivity index is 1.29. The summed E-state index contributed by atoms with van der Waals surface area (Å²) in [6.45, 7) is 2.53. The molecule has 3 aromatic carbocycles. The first-order valence-corrected chi connectivity index (χ1v) is 12.8. The van der Waals surface area contributed by atoms with Gasteiger partial charge in [0, 0.05) is 12.0 Å². The van der Waals surface area contributed by atoms with E-state index in [1.807, 2.05) is 91.9 Å². The van der Waals surface area contributed by atoms with Gasteiger partial charge in [-0.05, 0) is 61.6 Å². The van der Waals surface area contributed by atoms with Crippen molar-refractivity contribution in [1.29, 1.82) is 0 Å². The van der Waals surface area contributed by atoms with E-state index in [2.05, 4.69) is 10.1 Å². The van der Waals surface area contributed by atoms with Gasteiger partial charge in [0.1, 0.15) is 30.4 Å². The predicted octanol–water partition coefficient (Wildman–Crippen LogP) is 7.19. The molecule has 0 unspecified atom stereocenters. The number of oxime groups is 1. The van der Waals surface area contributed by atoms with Crippen molar-refractivity contribution in [2.75, 3.05) is 0 Å². The highest BCUT2D eigenvalue weighted by atomic mass is 16.6. The Morgan fingerprint density at radius 2 is 1.55 bits per heavy atom. The second-order valence-electron chi connectivity index (χ2n) is 8.95. The van der Waals surface area contributed by atoms with Gasteiger partial charge in [-0.3, -0.25) is 4.79 Å². The van der Waals surface area contributed by atoms with E-state index in [9.17, 15) is 4.79 Å². The number of carboxylic acid groups (broad SMARTS) is 1. The number of aromatic nitrogens is 1. The summed E-state index contributed by atoms with van der Waals surface area (Å²) in [4.78, 5) is 21.0. The van der Waals surface area contributed by atoms with Gasteiger partial charge in [0.05, 0.1) is 5.71 Å². The van der Waals surface area contributed by atoms with E-state index in [4.69, 9.17) is 19.1 Å². The smallest absolute Gasteiger partial charge is 0.303 e. The molecule has 0 saturated carbocycles. The standard InChI is InChI=1S/C31H32N2O5/c1-23-29(32-31(38-23)26-13-7-3-8-14-26)22-36-27-19-17-24(18-20-27)21-37-33-28(25-11-5-2-6-12-25)15-9-4-10-16-30(34)35/h2-3,5-8,11-14,17-20H,4,9-10,15-16,21-22H2,1H3,(H,34,35). The summed E-state index contributed by atoms with van der Waals surface area (Å²) in [7, 11) is 0. The van der Waals surface area contributed by atoms with E-state index in [1.165, 1.54) is 0 Å². The van der Waals surface area contributed by atoms with Crippen LogP contribution in [0.3, 0.4) is 0 Å². The van der Waals surface area contributed by atoms with Crippen LogP contribution >= 0.6 is 0 Å². The average Bonchev–Trinajstić information content (AvgIpc) is 3.32. The van der Waals surface area contributed by atoms with Crippen LogP contribution in [0, 0.1) is 6.92 Å². The number of rotatable bonds is 14. The highest BCUT2D eigenvalue weighted by Gasteiger charge is 2.12. The lowest BCUT2D eigenvalue weighted by molar-refractivity contribution is -0.137. The van der Waals surface area contributed by atoms with Gasteiger partial charge < -0.3 is 19.1 Å². The van der Waals surface area contributed by atoms with Gasteiger partial charge >= 0.3 is 5.97 Å². The summed E-state index contributed by atoms with van der Waals surface area (Å²) >= 11 is 0.